The maximum atomic E-state index is 11.6. The Morgan fingerprint density at radius 1 is 1.44 bits per heavy atom. The number of anilines is 1. The Labute approximate surface area is 102 Å². The molecule has 9 nitrogen and oxygen atoms in total. The molecule has 0 aromatic carbocycles. The van der Waals surface area contributed by atoms with Gasteiger partial charge in [0.25, 0.3) is 5.91 Å². The Balaban J connectivity index is 2.32. The number of nitrogens with one attached hydrogen (secondary N) is 2. The van der Waals surface area contributed by atoms with Crippen LogP contribution in [0.5, 0.6) is 0 Å². The third kappa shape index (κ3) is 2.24. The molecule has 1 aromatic heterocycles. The molecule has 2 rings (SSSR count). The van der Waals surface area contributed by atoms with Gasteiger partial charge in [-0.1, -0.05) is 0 Å². The number of fused-ring (bicyclic) bond motifs is 1. The summed E-state index contributed by atoms with van der Waals surface area (Å²) in [7, 11) is 0. The van der Waals surface area contributed by atoms with Gasteiger partial charge < -0.3 is 26.0 Å². The number of nitrogens with zero attached hydrogens (tertiary/aromatic N) is 2. The van der Waals surface area contributed by atoms with Crippen molar-refractivity contribution in [3.63, 3.8) is 0 Å². The maximum absolute atomic E-state index is 11.6. The molecule has 7 N–H and O–H groups in total. The number of carbonyl (C=O) groups is 1. The van der Waals surface area contributed by atoms with Gasteiger partial charge in [-0.15, -0.1) is 0 Å². The van der Waals surface area contributed by atoms with Crippen molar-refractivity contribution in [1.82, 2.24) is 15.3 Å². The van der Waals surface area contributed by atoms with Gasteiger partial charge in [-0.25, -0.2) is 9.97 Å². The molecule has 18 heavy (non-hydrogen) atoms. The first-order valence-corrected chi connectivity index (χ1v) is 5.20. The topological polar surface area (TPSA) is 154 Å². The minimum atomic E-state index is -1.42. The van der Waals surface area contributed by atoms with Crippen molar-refractivity contribution in [2.75, 3.05) is 11.9 Å². The molecule has 0 saturated heterocycles. The summed E-state index contributed by atoms with van der Waals surface area (Å²) >= 11 is 0. The quantitative estimate of drug-likeness (QED) is 0.340. The summed E-state index contributed by atoms with van der Waals surface area (Å²) in [6.45, 7) is -0.630. The molecule has 3 atom stereocenters. The Morgan fingerprint density at radius 2 is 2.17 bits per heavy atom. The van der Waals surface area contributed by atoms with Crippen LogP contribution in [-0.2, 0) is 0 Å². The van der Waals surface area contributed by atoms with Gasteiger partial charge in [0, 0.05) is 0 Å². The van der Waals surface area contributed by atoms with Crippen molar-refractivity contribution < 1.29 is 20.1 Å². The lowest BCUT2D eigenvalue weighted by atomic mass is 10.1. The molecule has 0 bridgehead atoms. The van der Waals surface area contributed by atoms with Crippen LogP contribution in [-0.4, -0.2) is 50.2 Å². The summed E-state index contributed by atoms with van der Waals surface area (Å²) in [5, 5.41) is 32.7. The van der Waals surface area contributed by atoms with Crippen LogP contribution in [0.15, 0.2) is 6.20 Å². The van der Waals surface area contributed by atoms with Crippen LogP contribution >= 0.6 is 0 Å². The normalized spacial score (nSPS) is 21.6. The van der Waals surface area contributed by atoms with Crippen molar-refractivity contribution in [2.24, 2.45) is 5.73 Å². The second kappa shape index (κ2) is 4.82. The van der Waals surface area contributed by atoms with Crippen molar-refractivity contribution in [3.8, 4) is 0 Å². The molecule has 98 valence electrons. The number of aromatic nitrogens is 2. The number of aliphatic hydroxyl groups excluding tert-OH is 3. The summed E-state index contributed by atoms with van der Waals surface area (Å²) < 4.78 is 0. The second-order valence-corrected chi connectivity index (χ2v) is 3.78. The highest BCUT2D eigenvalue weighted by molar-refractivity contribution is 5.98. The largest absolute Gasteiger partial charge is 0.394 e. The number of nitrogens with two attached hydrogens (primary N) is 1. The molecule has 0 fully saturated rings. The smallest absolute Gasteiger partial charge is 0.276 e. The third-order valence-corrected chi connectivity index (χ3v) is 2.44. The third-order valence-electron chi connectivity index (χ3n) is 2.44. The zero-order chi connectivity index (χ0) is 13.3. The van der Waals surface area contributed by atoms with E-state index in [1.54, 1.807) is 0 Å². The second-order valence-electron chi connectivity index (χ2n) is 3.78. The van der Waals surface area contributed by atoms with Crippen LogP contribution in [0.4, 0.5) is 5.82 Å². The van der Waals surface area contributed by atoms with Crippen molar-refractivity contribution >= 4 is 11.7 Å². The van der Waals surface area contributed by atoms with Crippen LogP contribution in [0.3, 0.4) is 0 Å². The summed E-state index contributed by atoms with van der Waals surface area (Å²) in [5.74, 6) is -0.336. The monoisotopic (exact) mass is 255 g/mol. The van der Waals surface area contributed by atoms with Crippen LogP contribution in [0.1, 0.15) is 22.3 Å². The molecule has 1 aromatic rings. The molecule has 0 spiro atoms. The lowest BCUT2D eigenvalue weighted by molar-refractivity contribution is -0.0175. The predicted octanol–water partition coefficient (Wildman–Crippen LogP) is -2.74. The van der Waals surface area contributed by atoms with E-state index < -0.39 is 31.0 Å². The van der Waals surface area contributed by atoms with E-state index in [9.17, 15) is 15.0 Å². The number of rotatable bonds is 3. The SMILES string of the molecule is NC1NC(=O)c2nc(C(O)C(O)CO)cnc2N1. The molecule has 0 saturated carbocycles. The highest BCUT2D eigenvalue weighted by Gasteiger charge is 2.27. The highest BCUT2D eigenvalue weighted by atomic mass is 16.4. The standard InChI is InChI=1S/C9H13N5O4/c10-9-13-7-5(8(18)14-9)12-3(1-11-7)6(17)4(16)2-15/h1,4,6,9,15-17H,2,10H2,(H,11,13)(H,14,18). The van der Waals surface area contributed by atoms with Crippen LogP contribution in [0.2, 0.25) is 0 Å². The fourth-order valence-corrected chi connectivity index (χ4v) is 1.50. The fourth-order valence-electron chi connectivity index (χ4n) is 1.50. The van der Waals surface area contributed by atoms with Crippen LogP contribution in [0, 0.1) is 0 Å². The van der Waals surface area contributed by atoms with Gasteiger partial charge in [0.15, 0.2) is 17.8 Å². The van der Waals surface area contributed by atoms with E-state index >= 15 is 0 Å². The molecule has 9 heteroatoms. The highest BCUT2D eigenvalue weighted by Crippen LogP contribution is 2.19. The average molecular weight is 255 g/mol. The van der Waals surface area contributed by atoms with Gasteiger partial charge in [0.1, 0.15) is 12.2 Å². The summed E-state index contributed by atoms with van der Waals surface area (Å²) in [6.07, 6.45) is -2.37. The molecule has 0 radical (unpaired) electrons. The van der Waals surface area contributed by atoms with Crippen molar-refractivity contribution in [3.05, 3.63) is 17.6 Å². The van der Waals surface area contributed by atoms with Gasteiger partial charge >= 0.3 is 0 Å². The molecule has 1 aliphatic rings. The van der Waals surface area contributed by atoms with Gasteiger partial charge in [0.2, 0.25) is 0 Å². The molecule has 0 aliphatic carbocycles. The summed E-state index contributed by atoms with van der Waals surface area (Å²) in [4.78, 5) is 19.4. The lowest BCUT2D eigenvalue weighted by Crippen LogP contribution is -2.51. The minimum absolute atomic E-state index is 0.0114. The van der Waals surface area contributed by atoms with Gasteiger partial charge in [-0.05, 0) is 0 Å². The Hall–Kier alpha value is -1.81. The van der Waals surface area contributed by atoms with Crippen molar-refractivity contribution in [2.45, 2.75) is 18.5 Å². The van der Waals surface area contributed by atoms with E-state index in [4.69, 9.17) is 10.8 Å². The average Bonchev–Trinajstić information content (AvgIpc) is 2.36. The molecule has 2 heterocycles. The van der Waals surface area contributed by atoms with Crippen LogP contribution in [0.25, 0.3) is 0 Å². The van der Waals surface area contributed by atoms with E-state index in [-0.39, 0.29) is 17.2 Å². The van der Waals surface area contributed by atoms with E-state index in [1.807, 2.05) is 0 Å². The number of amides is 1. The molecule has 1 aliphatic heterocycles. The zero-order valence-corrected chi connectivity index (χ0v) is 9.24. The zero-order valence-electron chi connectivity index (χ0n) is 9.24. The minimum Gasteiger partial charge on any atom is -0.394 e. The number of hydrogen-bond donors (Lipinski definition) is 6. The van der Waals surface area contributed by atoms with Crippen molar-refractivity contribution in [1.29, 1.82) is 0 Å². The maximum Gasteiger partial charge on any atom is 0.276 e. The fraction of sp³-hybridized carbons (Fsp3) is 0.444. The Bertz CT molecular complexity index is 468. The Morgan fingerprint density at radius 3 is 2.83 bits per heavy atom. The van der Waals surface area contributed by atoms with Crippen LogP contribution < -0.4 is 16.4 Å². The predicted molar refractivity (Wildman–Crippen MR) is 59.1 cm³/mol. The van der Waals surface area contributed by atoms with Gasteiger partial charge in [-0.2, -0.15) is 0 Å². The number of hydrogen-bond acceptors (Lipinski definition) is 8. The first-order chi connectivity index (χ1) is 8.52. The molecular weight excluding hydrogens is 242 g/mol. The molecule has 1 amide bonds. The lowest BCUT2D eigenvalue weighted by Gasteiger charge is -2.24. The Kier molecular flexibility index (Phi) is 3.39. The molecule has 3 unspecified atom stereocenters. The first kappa shape index (κ1) is 12.6. The summed E-state index contributed by atoms with van der Waals surface area (Å²) in [6, 6.07) is 0. The first-order valence-electron chi connectivity index (χ1n) is 5.20. The molecular formula is C9H13N5O4. The van der Waals surface area contributed by atoms with E-state index in [1.165, 1.54) is 6.20 Å². The van der Waals surface area contributed by atoms with Gasteiger partial charge in [-0.3, -0.25) is 10.5 Å². The van der Waals surface area contributed by atoms with E-state index in [0.717, 1.165) is 0 Å². The number of carbonyl (C=O) groups excluding carboxylic acids is 1. The number of aliphatic hydroxyl groups is 3. The van der Waals surface area contributed by atoms with E-state index in [0.29, 0.717) is 0 Å². The summed E-state index contributed by atoms with van der Waals surface area (Å²) in [5.41, 5.74) is 5.43. The van der Waals surface area contributed by atoms with E-state index in [2.05, 4.69) is 20.6 Å². The van der Waals surface area contributed by atoms with Gasteiger partial charge in [0.05, 0.1) is 18.5 Å².